The molecule has 4 heterocycles. The Morgan fingerprint density at radius 3 is 2.96 bits per heavy atom. The Hall–Kier alpha value is -2.28. The molecule has 5 rings (SSSR count). The van der Waals surface area contributed by atoms with Crippen LogP contribution in [0.2, 0.25) is 0 Å². The molecule has 0 radical (unpaired) electrons. The summed E-state index contributed by atoms with van der Waals surface area (Å²) in [7, 11) is 0. The van der Waals surface area contributed by atoms with Crippen molar-refractivity contribution in [2.24, 2.45) is 5.92 Å². The average Bonchev–Trinajstić information content (AvgIpc) is 2.67. The van der Waals surface area contributed by atoms with E-state index in [9.17, 15) is 0 Å². The third-order valence-corrected chi connectivity index (χ3v) is 5.66. The first-order valence-corrected chi connectivity index (χ1v) is 9.61. The summed E-state index contributed by atoms with van der Waals surface area (Å²) >= 11 is 0. The first kappa shape index (κ1) is 15.9. The van der Waals surface area contributed by atoms with Gasteiger partial charge in [0.1, 0.15) is 12.1 Å². The van der Waals surface area contributed by atoms with Crippen LogP contribution in [-0.2, 0) is 30.6 Å². The van der Waals surface area contributed by atoms with Crippen molar-refractivity contribution in [3.63, 3.8) is 0 Å². The highest BCUT2D eigenvalue weighted by Crippen LogP contribution is 2.27. The first-order chi connectivity index (χ1) is 12.9. The lowest BCUT2D eigenvalue weighted by Crippen LogP contribution is -2.50. The van der Waals surface area contributed by atoms with E-state index in [2.05, 4.69) is 36.4 Å². The van der Waals surface area contributed by atoms with Gasteiger partial charge < -0.3 is 15.0 Å². The van der Waals surface area contributed by atoms with Crippen LogP contribution in [0.3, 0.4) is 0 Å². The Morgan fingerprint density at radius 1 is 1.08 bits per heavy atom. The number of rotatable bonds is 4. The molecule has 1 aliphatic carbocycles. The van der Waals surface area contributed by atoms with Crippen molar-refractivity contribution < 1.29 is 4.74 Å². The van der Waals surface area contributed by atoms with Crippen LogP contribution in [0.4, 0.5) is 11.6 Å². The van der Waals surface area contributed by atoms with Crippen LogP contribution in [0.15, 0.2) is 12.4 Å². The molecule has 2 aromatic heterocycles. The molecule has 2 aliphatic heterocycles. The number of hydrogen-bond acceptors (Lipinski definition) is 7. The molecule has 1 N–H and O–H groups in total. The van der Waals surface area contributed by atoms with E-state index in [1.54, 1.807) is 6.33 Å². The van der Waals surface area contributed by atoms with Crippen LogP contribution in [0.1, 0.15) is 35.4 Å². The number of ether oxygens (including phenoxy) is 1. The molecule has 0 bridgehead atoms. The van der Waals surface area contributed by atoms with Crippen molar-refractivity contribution >= 4 is 11.6 Å². The minimum Gasteiger partial charge on any atom is -0.376 e. The predicted octanol–water partition coefficient (Wildman–Crippen LogP) is 1.77. The lowest BCUT2D eigenvalue weighted by atomic mass is 9.95. The van der Waals surface area contributed by atoms with Crippen LogP contribution in [0.5, 0.6) is 0 Å². The summed E-state index contributed by atoms with van der Waals surface area (Å²) in [6, 6.07) is 2.25. The Kier molecular flexibility index (Phi) is 4.16. The topological polar surface area (TPSA) is 76.1 Å². The number of aromatic nitrogens is 4. The maximum absolute atomic E-state index is 5.56. The molecule has 7 heteroatoms. The molecule has 0 spiro atoms. The highest BCUT2D eigenvalue weighted by atomic mass is 16.5. The summed E-state index contributed by atoms with van der Waals surface area (Å²) in [5, 5.41) is 12.4. The van der Waals surface area contributed by atoms with Crippen LogP contribution in [-0.4, -0.2) is 46.4 Å². The zero-order valence-corrected chi connectivity index (χ0v) is 14.9. The second-order valence-electron chi connectivity index (χ2n) is 7.48. The lowest BCUT2D eigenvalue weighted by molar-refractivity contribution is 0.109. The van der Waals surface area contributed by atoms with E-state index in [1.165, 1.54) is 24.1 Å². The van der Waals surface area contributed by atoms with Gasteiger partial charge in [-0.2, -0.15) is 5.10 Å². The van der Waals surface area contributed by atoms with Gasteiger partial charge in [0.15, 0.2) is 5.82 Å². The molecule has 1 fully saturated rings. The van der Waals surface area contributed by atoms with E-state index in [0.717, 1.165) is 68.4 Å². The van der Waals surface area contributed by atoms with Gasteiger partial charge in [0.05, 0.1) is 24.6 Å². The highest BCUT2D eigenvalue weighted by molar-refractivity contribution is 5.48. The number of hydrogen-bond donors (Lipinski definition) is 1. The highest BCUT2D eigenvalue weighted by Gasteiger charge is 2.29. The lowest BCUT2D eigenvalue weighted by Gasteiger charge is -2.40. The molecule has 7 nitrogen and oxygen atoms in total. The smallest absolute Gasteiger partial charge is 0.151 e. The van der Waals surface area contributed by atoms with E-state index >= 15 is 0 Å². The van der Waals surface area contributed by atoms with Crippen molar-refractivity contribution in [2.75, 3.05) is 36.5 Å². The monoisotopic (exact) mass is 352 g/mol. The summed E-state index contributed by atoms with van der Waals surface area (Å²) in [5.41, 5.74) is 4.84. The van der Waals surface area contributed by atoms with Crippen LogP contribution >= 0.6 is 0 Å². The van der Waals surface area contributed by atoms with Crippen molar-refractivity contribution in [3.05, 3.63) is 34.9 Å². The summed E-state index contributed by atoms with van der Waals surface area (Å²) < 4.78 is 5.56. The maximum atomic E-state index is 5.56. The quantitative estimate of drug-likeness (QED) is 0.898. The van der Waals surface area contributed by atoms with Gasteiger partial charge in [0, 0.05) is 37.5 Å². The van der Waals surface area contributed by atoms with E-state index < -0.39 is 0 Å². The van der Waals surface area contributed by atoms with Gasteiger partial charge in [-0.15, -0.1) is 5.10 Å². The Labute approximate surface area is 153 Å². The standard InChI is InChI=1S/C19H24N6O/c1-2-4-16-14(3-1)7-18(24-23-16)25-9-13(10-25)8-20-19-15-11-26-6-5-17(15)21-12-22-19/h7,12-13H,1-6,8-11H2,(H,20,21,22). The van der Waals surface area contributed by atoms with Gasteiger partial charge in [0.2, 0.25) is 0 Å². The Bertz CT molecular complexity index is 805. The third kappa shape index (κ3) is 3.00. The largest absolute Gasteiger partial charge is 0.376 e. The van der Waals surface area contributed by atoms with E-state index in [0.29, 0.717) is 12.5 Å². The van der Waals surface area contributed by atoms with Gasteiger partial charge in [-0.3, -0.25) is 0 Å². The van der Waals surface area contributed by atoms with Crippen LogP contribution in [0.25, 0.3) is 0 Å². The van der Waals surface area contributed by atoms with Crippen LogP contribution in [0, 0.1) is 5.92 Å². The molecule has 0 unspecified atom stereocenters. The average molecular weight is 352 g/mol. The van der Waals surface area contributed by atoms with Gasteiger partial charge in [-0.05, 0) is 37.3 Å². The fraction of sp³-hybridized carbons (Fsp3) is 0.579. The second kappa shape index (κ2) is 6.79. The molecular formula is C19H24N6O. The molecule has 2 aromatic rings. The van der Waals surface area contributed by atoms with Crippen LogP contribution < -0.4 is 10.2 Å². The van der Waals surface area contributed by atoms with Gasteiger partial charge in [-0.25, -0.2) is 9.97 Å². The number of aryl methyl sites for hydroxylation is 2. The van der Waals surface area contributed by atoms with Gasteiger partial charge in [0.25, 0.3) is 0 Å². The molecule has 0 aromatic carbocycles. The van der Waals surface area contributed by atoms with Crippen molar-refractivity contribution in [3.8, 4) is 0 Å². The number of nitrogens with one attached hydrogen (secondary N) is 1. The summed E-state index contributed by atoms with van der Waals surface area (Å²) in [6.45, 7) is 4.32. The fourth-order valence-electron chi connectivity index (χ4n) is 4.07. The predicted molar refractivity (Wildman–Crippen MR) is 98.3 cm³/mol. The van der Waals surface area contributed by atoms with Gasteiger partial charge >= 0.3 is 0 Å². The summed E-state index contributed by atoms with van der Waals surface area (Å²) in [4.78, 5) is 11.1. The summed E-state index contributed by atoms with van der Waals surface area (Å²) in [6.07, 6.45) is 7.29. The zero-order chi connectivity index (χ0) is 17.3. The zero-order valence-electron chi connectivity index (χ0n) is 14.9. The fourth-order valence-corrected chi connectivity index (χ4v) is 4.07. The molecular weight excluding hydrogens is 328 g/mol. The minimum atomic E-state index is 0.600. The van der Waals surface area contributed by atoms with E-state index in [-0.39, 0.29) is 0 Å². The third-order valence-electron chi connectivity index (χ3n) is 5.66. The van der Waals surface area contributed by atoms with Crippen molar-refractivity contribution in [1.82, 2.24) is 20.2 Å². The number of anilines is 2. The first-order valence-electron chi connectivity index (χ1n) is 9.61. The molecule has 3 aliphatic rings. The van der Waals surface area contributed by atoms with Crippen molar-refractivity contribution in [2.45, 2.75) is 38.7 Å². The molecule has 0 atom stereocenters. The molecule has 1 saturated heterocycles. The second-order valence-corrected chi connectivity index (χ2v) is 7.48. The number of nitrogens with zero attached hydrogens (tertiary/aromatic N) is 5. The molecule has 0 amide bonds. The van der Waals surface area contributed by atoms with Crippen molar-refractivity contribution in [1.29, 1.82) is 0 Å². The Balaban J connectivity index is 1.18. The summed E-state index contributed by atoms with van der Waals surface area (Å²) in [5.74, 6) is 2.57. The Morgan fingerprint density at radius 2 is 2.00 bits per heavy atom. The molecule has 136 valence electrons. The number of fused-ring (bicyclic) bond motifs is 2. The molecule has 0 saturated carbocycles. The maximum Gasteiger partial charge on any atom is 0.151 e. The van der Waals surface area contributed by atoms with E-state index in [1.807, 2.05) is 0 Å². The molecule has 26 heavy (non-hydrogen) atoms. The minimum absolute atomic E-state index is 0.600. The normalized spacial score (nSPS) is 19.5. The SMILES string of the molecule is c1nc2c(c(NCC3CN(c4cc5c(nn4)CCCC5)C3)n1)COCC2. The van der Waals surface area contributed by atoms with E-state index in [4.69, 9.17) is 4.74 Å². The van der Waals surface area contributed by atoms with Gasteiger partial charge in [-0.1, -0.05) is 0 Å².